The van der Waals surface area contributed by atoms with E-state index in [9.17, 15) is 0 Å². The molecule has 1 aromatic rings. The Balaban J connectivity index is 1.89. The van der Waals surface area contributed by atoms with Crippen LogP contribution in [0.3, 0.4) is 0 Å². The summed E-state index contributed by atoms with van der Waals surface area (Å²) in [5, 5.41) is 4.27. The predicted octanol–water partition coefficient (Wildman–Crippen LogP) is 1.53. The molecule has 0 bridgehead atoms. The molecule has 2 rings (SSSR count). The van der Waals surface area contributed by atoms with Gasteiger partial charge in [-0.15, -0.1) is 0 Å². The first-order chi connectivity index (χ1) is 7.29. The summed E-state index contributed by atoms with van der Waals surface area (Å²) in [4.78, 5) is 0. The molecule has 0 aromatic carbocycles. The molecular formula is C11H19N3S. The van der Waals surface area contributed by atoms with E-state index in [2.05, 4.69) is 18.2 Å². The molecule has 0 saturated carbocycles. The number of nitrogens with two attached hydrogens (primary N) is 1. The minimum atomic E-state index is 0.314. The van der Waals surface area contributed by atoms with E-state index in [1.54, 1.807) is 0 Å². The summed E-state index contributed by atoms with van der Waals surface area (Å²) in [5.74, 6) is 3.23. The van der Waals surface area contributed by atoms with Gasteiger partial charge in [0.25, 0.3) is 0 Å². The molecule has 84 valence electrons. The van der Waals surface area contributed by atoms with Crippen LogP contribution in [0.15, 0.2) is 12.4 Å². The van der Waals surface area contributed by atoms with Crippen molar-refractivity contribution >= 4 is 11.8 Å². The van der Waals surface area contributed by atoms with Gasteiger partial charge in [0.05, 0.1) is 6.20 Å². The molecule has 2 N–H and O–H groups in total. The van der Waals surface area contributed by atoms with Crippen LogP contribution < -0.4 is 5.73 Å². The zero-order valence-electron chi connectivity index (χ0n) is 9.22. The van der Waals surface area contributed by atoms with Crippen LogP contribution in [-0.4, -0.2) is 27.3 Å². The summed E-state index contributed by atoms with van der Waals surface area (Å²) in [5.41, 5.74) is 7.49. The Hall–Kier alpha value is -0.480. The van der Waals surface area contributed by atoms with Gasteiger partial charge >= 0.3 is 0 Å². The van der Waals surface area contributed by atoms with Crippen LogP contribution in [0, 0.1) is 5.92 Å². The lowest BCUT2D eigenvalue weighted by atomic mass is 9.95. The zero-order valence-corrected chi connectivity index (χ0v) is 10.0. The maximum atomic E-state index is 6.21. The van der Waals surface area contributed by atoms with Crippen LogP contribution in [-0.2, 0) is 13.0 Å². The highest BCUT2D eigenvalue weighted by molar-refractivity contribution is 7.99. The molecule has 1 aliphatic heterocycles. The molecule has 0 spiro atoms. The van der Waals surface area contributed by atoms with Gasteiger partial charge in [0.2, 0.25) is 0 Å². The molecule has 0 aliphatic carbocycles. The number of aryl methyl sites for hydroxylation is 1. The van der Waals surface area contributed by atoms with Crippen LogP contribution in [0.4, 0.5) is 0 Å². The zero-order chi connectivity index (χ0) is 10.7. The van der Waals surface area contributed by atoms with Crippen molar-refractivity contribution in [3.05, 3.63) is 18.0 Å². The number of hydrogen-bond donors (Lipinski definition) is 1. The molecule has 0 amide bonds. The number of thioether (sulfide) groups is 1. The Labute approximate surface area is 95.4 Å². The number of aromatic nitrogens is 2. The Morgan fingerprint density at radius 3 is 3.20 bits per heavy atom. The highest BCUT2D eigenvalue weighted by Gasteiger charge is 2.22. The van der Waals surface area contributed by atoms with E-state index in [4.69, 9.17) is 5.73 Å². The quantitative estimate of drug-likeness (QED) is 0.845. The van der Waals surface area contributed by atoms with Crippen molar-refractivity contribution in [3.63, 3.8) is 0 Å². The molecular weight excluding hydrogens is 206 g/mol. The summed E-state index contributed by atoms with van der Waals surface area (Å²) in [6.45, 7) is 3.04. The third-order valence-corrected chi connectivity index (χ3v) is 4.24. The Kier molecular flexibility index (Phi) is 3.70. The van der Waals surface area contributed by atoms with Crippen molar-refractivity contribution in [1.82, 2.24) is 9.78 Å². The Bertz CT molecular complexity index is 305. The van der Waals surface area contributed by atoms with E-state index >= 15 is 0 Å². The van der Waals surface area contributed by atoms with Gasteiger partial charge in [-0.05, 0) is 42.8 Å². The van der Waals surface area contributed by atoms with Gasteiger partial charge in [-0.1, -0.05) is 0 Å². The molecule has 15 heavy (non-hydrogen) atoms. The van der Waals surface area contributed by atoms with Gasteiger partial charge in [-0.3, -0.25) is 4.68 Å². The Morgan fingerprint density at radius 2 is 2.60 bits per heavy atom. The second-order valence-corrected chi connectivity index (χ2v) is 5.35. The first-order valence-electron chi connectivity index (χ1n) is 5.64. The van der Waals surface area contributed by atoms with Gasteiger partial charge < -0.3 is 5.73 Å². The SMILES string of the molecule is CCn1cc(CC(N)C2CCSC2)cn1. The maximum absolute atomic E-state index is 6.21. The first-order valence-corrected chi connectivity index (χ1v) is 6.79. The standard InChI is InChI=1S/C11H19N3S/c1-2-14-7-9(6-13-14)5-11(12)10-3-4-15-8-10/h6-7,10-11H,2-5,8,12H2,1H3. The van der Waals surface area contributed by atoms with Crippen molar-refractivity contribution in [2.75, 3.05) is 11.5 Å². The largest absolute Gasteiger partial charge is 0.327 e. The number of hydrogen-bond acceptors (Lipinski definition) is 3. The fraction of sp³-hybridized carbons (Fsp3) is 0.727. The minimum Gasteiger partial charge on any atom is -0.327 e. The third-order valence-electron chi connectivity index (χ3n) is 3.05. The fourth-order valence-electron chi connectivity index (χ4n) is 2.01. The van der Waals surface area contributed by atoms with Gasteiger partial charge in [0, 0.05) is 18.8 Å². The molecule has 2 unspecified atom stereocenters. The molecule has 1 saturated heterocycles. The van der Waals surface area contributed by atoms with Crippen LogP contribution in [0.1, 0.15) is 18.9 Å². The molecule has 2 atom stereocenters. The number of rotatable bonds is 4. The smallest absolute Gasteiger partial charge is 0.0522 e. The molecule has 0 radical (unpaired) electrons. The second kappa shape index (κ2) is 5.03. The lowest BCUT2D eigenvalue weighted by Crippen LogP contribution is -2.32. The Morgan fingerprint density at radius 1 is 1.73 bits per heavy atom. The van der Waals surface area contributed by atoms with E-state index in [1.807, 2.05) is 22.6 Å². The summed E-state index contributed by atoms with van der Waals surface area (Å²) in [6, 6.07) is 0.314. The van der Waals surface area contributed by atoms with Crippen LogP contribution in [0.5, 0.6) is 0 Å². The highest BCUT2D eigenvalue weighted by Crippen LogP contribution is 2.26. The summed E-state index contributed by atoms with van der Waals surface area (Å²) in [7, 11) is 0. The molecule has 2 heterocycles. The monoisotopic (exact) mass is 225 g/mol. The lowest BCUT2D eigenvalue weighted by Gasteiger charge is -2.16. The van der Waals surface area contributed by atoms with E-state index in [0.29, 0.717) is 12.0 Å². The molecule has 1 aromatic heterocycles. The van der Waals surface area contributed by atoms with Gasteiger partial charge in [-0.25, -0.2) is 0 Å². The molecule has 1 aliphatic rings. The predicted molar refractivity (Wildman–Crippen MR) is 65.0 cm³/mol. The van der Waals surface area contributed by atoms with E-state index in [-0.39, 0.29) is 0 Å². The van der Waals surface area contributed by atoms with Crippen LogP contribution in [0.25, 0.3) is 0 Å². The van der Waals surface area contributed by atoms with E-state index in [1.165, 1.54) is 23.5 Å². The topological polar surface area (TPSA) is 43.8 Å². The average molecular weight is 225 g/mol. The molecule has 4 heteroatoms. The molecule has 3 nitrogen and oxygen atoms in total. The lowest BCUT2D eigenvalue weighted by molar-refractivity contribution is 0.462. The van der Waals surface area contributed by atoms with Crippen LogP contribution >= 0.6 is 11.8 Å². The van der Waals surface area contributed by atoms with Crippen LogP contribution in [0.2, 0.25) is 0 Å². The maximum Gasteiger partial charge on any atom is 0.0522 e. The minimum absolute atomic E-state index is 0.314. The normalized spacial score (nSPS) is 23.2. The van der Waals surface area contributed by atoms with Crippen molar-refractivity contribution in [2.24, 2.45) is 11.7 Å². The first kappa shape index (κ1) is 11.0. The number of nitrogens with zero attached hydrogens (tertiary/aromatic N) is 2. The average Bonchev–Trinajstić information content (AvgIpc) is 2.87. The highest BCUT2D eigenvalue weighted by atomic mass is 32.2. The second-order valence-electron chi connectivity index (χ2n) is 4.20. The summed E-state index contributed by atoms with van der Waals surface area (Å²) in [6.07, 6.45) is 6.33. The van der Waals surface area contributed by atoms with Gasteiger partial charge in [-0.2, -0.15) is 16.9 Å². The van der Waals surface area contributed by atoms with E-state index < -0.39 is 0 Å². The van der Waals surface area contributed by atoms with Crippen molar-refractivity contribution in [2.45, 2.75) is 32.4 Å². The summed E-state index contributed by atoms with van der Waals surface area (Å²) >= 11 is 2.03. The van der Waals surface area contributed by atoms with E-state index in [0.717, 1.165) is 13.0 Å². The van der Waals surface area contributed by atoms with Crippen molar-refractivity contribution < 1.29 is 0 Å². The van der Waals surface area contributed by atoms with Gasteiger partial charge in [0.15, 0.2) is 0 Å². The van der Waals surface area contributed by atoms with Gasteiger partial charge in [0.1, 0.15) is 0 Å². The molecule has 1 fully saturated rings. The van der Waals surface area contributed by atoms with Crippen molar-refractivity contribution in [3.8, 4) is 0 Å². The summed E-state index contributed by atoms with van der Waals surface area (Å²) < 4.78 is 1.96. The fourth-order valence-corrected chi connectivity index (χ4v) is 3.37. The third kappa shape index (κ3) is 2.75. The van der Waals surface area contributed by atoms with Crippen molar-refractivity contribution in [1.29, 1.82) is 0 Å².